The zero-order chi connectivity index (χ0) is 15.8. The van der Waals surface area contributed by atoms with Gasteiger partial charge in [0.15, 0.2) is 0 Å². The standard InChI is InChI=1S/C17H30N2O2/c1-6-13(2)12-19(3)11-10-16(21-5)17-14(18)8-7-9-15(17)20-4/h7-9,13,16H,6,10-12,18H2,1-5H3/t13-,16?/m1/s1. The molecule has 0 heterocycles. The van der Waals surface area contributed by atoms with Crippen molar-refractivity contribution >= 4 is 5.69 Å². The van der Waals surface area contributed by atoms with Crippen molar-refractivity contribution < 1.29 is 9.47 Å². The van der Waals surface area contributed by atoms with E-state index < -0.39 is 0 Å². The molecule has 4 nitrogen and oxygen atoms in total. The molecule has 0 saturated heterocycles. The van der Waals surface area contributed by atoms with Crippen molar-refractivity contribution in [3.05, 3.63) is 23.8 Å². The highest BCUT2D eigenvalue weighted by atomic mass is 16.5. The number of nitrogens with zero attached hydrogens (tertiary/aromatic N) is 1. The summed E-state index contributed by atoms with van der Waals surface area (Å²) < 4.78 is 11.1. The number of methoxy groups -OCH3 is 2. The van der Waals surface area contributed by atoms with Crippen molar-refractivity contribution in [3.63, 3.8) is 0 Å². The number of hydrogen-bond donors (Lipinski definition) is 1. The van der Waals surface area contributed by atoms with E-state index in [-0.39, 0.29) is 6.10 Å². The van der Waals surface area contributed by atoms with Gasteiger partial charge < -0.3 is 20.1 Å². The molecule has 1 aromatic rings. The normalized spacial score (nSPS) is 14.2. The zero-order valence-corrected chi connectivity index (χ0v) is 14.1. The number of nitrogens with two attached hydrogens (primary N) is 1. The number of hydrogen-bond acceptors (Lipinski definition) is 4. The molecule has 4 heteroatoms. The Bertz CT molecular complexity index is 423. The molecule has 0 saturated carbocycles. The smallest absolute Gasteiger partial charge is 0.126 e. The average molecular weight is 294 g/mol. The molecule has 0 aliphatic heterocycles. The SMILES string of the molecule is CC[C@@H](C)CN(C)CCC(OC)c1c(N)cccc1OC. The van der Waals surface area contributed by atoms with E-state index in [4.69, 9.17) is 15.2 Å². The maximum atomic E-state index is 6.11. The second kappa shape index (κ2) is 8.90. The van der Waals surface area contributed by atoms with Crippen LogP contribution in [0.2, 0.25) is 0 Å². The lowest BCUT2D eigenvalue weighted by Gasteiger charge is -2.25. The Morgan fingerprint density at radius 1 is 1.29 bits per heavy atom. The Labute approximate surface area is 129 Å². The molecule has 21 heavy (non-hydrogen) atoms. The molecule has 2 atom stereocenters. The Morgan fingerprint density at radius 3 is 2.57 bits per heavy atom. The third kappa shape index (κ3) is 5.21. The number of benzene rings is 1. The number of rotatable bonds is 9. The molecule has 0 fully saturated rings. The summed E-state index contributed by atoms with van der Waals surface area (Å²) in [7, 11) is 5.55. The molecule has 1 unspecified atom stereocenters. The first-order valence-electron chi connectivity index (χ1n) is 7.67. The Morgan fingerprint density at radius 2 is 2.00 bits per heavy atom. The van der Waals surface area contributed by atoms with E-state index in [9.17, 15) is 0 Å². The molecule has 0 aliphatic rings. The average Bonchev–Trinajstić information content (AvgIpc) is 2.48. The molecule has 1 aromatic carbocycles. The van der Waals surface area contributed by atoms with Gasteiger partial charge in [0.1, 0.15) is 5.75 Å². The van der Waals surface area contributed by atoms with Gasteiger partial charge in [0.25, 0.3) is 0 Å². The monoisotopic (exact) mass is 294 g/mol. The van der Waals surface area contributed by atoms with Gasteiger partial charge >= 0.3 is 0 Å². The lowest BCUT2D eigenvalue weighted by atomic mass is 10.0. The first kappa shape index (κ1) is 17.8. The molecule has 2 N–H and O–H groups in total. The van der Waals surface area contributed by atoms with Crippen LogP contribution >= 0.6 is 0 Å². The molecular weight excluding hydrogens is 264 g/mol. The van der Waals surface area contributed by atoms with Crippen molar-refractivity contribution in [2.75, 3.05) is 40.1 Å². The topological polar surface area (TPSA) is 47.7 Å². The fourth-order valence-electron chi connectivity index (χ4n) is 2.55. The lowest BCUT2D eigenvalue weighted by molar-refractivity contribution is 0.0830. The van der Waals surface area contributed by atoms with Crippen LogP contribution in [0.4, 0.5) is 5.69 Å². The summed E-state index contributed by atoms with van der Waals surface area (Å²) in [6.45, 7) is 6.59. The summed E-state index contributed by atoms with van der Waals surface area (Å²) >= 11 is 0. The van der Waals surface area contributed by atoms with E-state index in [2.05, 4.69) is 25.8 Å². The molecule has 0 bridgehead atoms. The van der Waals surface area contributed by atoms with Gasteiger partial charge in [0.2, 0.25) is 0 Å². The largest absolute Gasteiger partial charge is 0.496 e. The Hall–Kier alpha value is -1.26. The Kier molecular flexibility index (Phi) is 7.54. The van der Waals surface area contributed by atoms with Gasteiger partial charge in [-0.1, -0.05) is 26.3 Å². The highest BCUT2D eigenvalue weighted by Crippen LogP contribution is 2.34. The van der Waals surface area contributed by atoms with Crippen LogP contribution in [0.1, 0.15) is 38.4 Å². The summed E-state index contributed by atoms with van der Waals surface area (Å²) in [5.74, 6) is 1.51. The maximum Gasteiger partial charge on any atom is 0.126 e. The highest BCUT2D eigenvalue weighted by Gasteiger charge is 2.19. The first-order valence-corrected chi connectivity index (χ1v) is 7.67. The van der Waals surface area contributed by atoms with Gasteiger partial charge in [-0.15, -0.1) is 0 Å². The van der Waals surface area contributed by atoms with Crippen molar-refractivity contribution in [1.82, 2.24) is 4.90 Å². The number of ether oxygens (including phenoxy) is 2. The van der Waals surface area contributed by atoms with Crippen LogP contribution in [0.5, 0.6) is 5.75 Å². The lowest BCUT2D eigenvalue weighted by Crippen LogP contribution is -2.26. The molecule has 0 spiro atoms. The van der Waals surface area contributed by atoms with Crippen LogP contribution < -0.4 is 10.5 Å². The predicted molar refractivity (Wildman–Crippen MR) is 88.7 cm³/mol. The summed E-state index contributed by atoms with van der Waals surface area (Å²) in [6.07, 6.45) is 2.06. The molecule has 120 valence electrons. The molecule has 0 radical (unpaired) electrons. The third-order valence-corrected chi connectivity index (χ3v) is 4.02. The van der Waals surface area contributed by atoms with Crippen molar-refractivity contribution in [3.8, 4) is 5.75 Å². The predicted octanol–water partition coefficient (Wildman–Crippen LogP) is 3.33. The van der Waals surface area contributed by atoms with Gasteiger partial charge in [-0.3, -0.25) is 0 Å². The second-order valence-corrected chi connectivity index (χ2v) is 5.75. The molecule has 0 amide bonds. The molecular formula is C17H30N2O2. The van der Waals surface area contributed by atoms with Crippen molar-refractivity contribution in [2.45, 2.75) is 32.8 Å². The summed E-state index contributed by atoms with van der Waals surface area (Å²) in [5, 5.41) is 0. The highest BCUT2D eigenvalue weighted by molar-refractivity contribution is 5.55. The van der Waals surface area contributed by atoms with Gasteiger partial charge in [-0.25, -0.2) is 0 Å². The van der Waals surface area contributed by atoms with Gasteiger partial charge in [-0.2, -0.15) is 0 Å². The minimum atomic E-state index is -0.0412. The van der Waals surface area contributed by atoms with E-state index in [0.717, 1.165) is 36.5 Å². The summed E-state index contributed by atoms with van der Waals surface area (Å²) in [6, 6.07) is 5.73. The van der Waals surface area contributed by atoms with E-state index in [1.54, 1.807) is 14.2 Å². The molecule has 0 aromatic heterocycles. The van der Waals surface area contributed by atoms with Gasteiger partial charge in [0, 0.05) is 31.5 Å². The first-order chi connectivity index (χ1) is 10.0. The van der Waals surface area contributed by atoms with Crippen LogP contribution in [0, 0.1) is 5.92 Å². The zero-order valence-electron chi connectivity index (χ0n) is 14.1. The Balaban J connectivity index is 2.71. The quantitative estimate of drug-likeness (QED) is 0.710. The fourth-order valence-corrected chi connectivity index (χ4v) is 2.55. The van der Waals surface area contributed by atoms with Gasteiger partial charge in [-0.05, 0) is 31.5 Å². The third-order valence-electron chi connectivity index (χ3n) is 4.02. The number of anilines is 1. The van der Waals surface area contributed by atoms with Crippen LogP contribution in [0.25, 0.3) is 0 Å². The van der Waals surface area contributed by atoms with E-state index in [1.807, 2.05) is 18.2 Å². The van der Waals surface area contributed by atoms with Gasteiger partial charge in [0.05, 0.1) is 13.2 Å². The van der Waals surface area contributed by atoms with Crippen molar-refractivity contribution in [1.29, 1.82) is 0 Å². The minimum Gasteiger partial charge on any atom is -0.496 e. The fraction of sp³-hybridized carbons (Fsp3) is 0.647. The van der Waals surface area contributed by atoms with Crippen LogP contribution in [-0.4, -0.2) is 39.3 Å². The molecule has 1 rings (SSSR count). The minimum absolute atomic E-state index is 0.0412. The van der Waals surface area contributed by atoms with E-state index in [0.29, 0.717) is 5.92 Å². The van der Waals surface area contributed by atoms with E-state index >= 15 is 0 Å². The maximum absolute atomic E-state index is 6.11. The van der Waals surface area contributed by atoms with Crippen LogP contribution in [0.3, 0.4) is 0 Å². The summed E-state index contributed by atoms with van der Waals surface area (Å²) in [4.78, 5) is 2.35. The molecule has 0 aliphatic carbocycles. The van der Waals surface area contributed by atoms with Crippen molar-refractivity contribution in [2.24, 2.45) is 5.92 Å². The van der Waals surface area contributed by atoms with E-state index in [1.165, 1.54) is 6.42 Å². The summed E-state index contributed by atoms with van der Waals surface area (Å²) in [5.41, 5.74) is 7.79. The van der Waals surface area contributed by atoms with Crippen LogP contribution in [0.15, 0.2) is 18.2 Å². The number of nitrogen functional groups attached to an aromatic ring is 1. The van der Waals surface area contributed by atoms with Crippen LogP contribution in [-0.2, 0) is 4.74 Å². The second-order valence-electron chi connectivity index (χ2n) is 5.75.